The van der Waals surface area contributed by atoms with Crippen LogP contribution in [0.2, 0.25) is 0 Å². The number of aromatic hydroxyl groups is 1. The van der Waals surface area contributed by atoms with Gasteiger partial charge in [0.15, 0.2) is 0 Å². The topological polar surface area (TPSA) is 82.8 Å². The Morgan fingerprint density at radius 1 is 0.879 bits per heavy atom. The molecule has 166 valence electrons. The third-order valence-corrected chi connectivity index (χ3v) is 6.07. The molecule has 2 N–H and O–H groups in total. The summed E-state index contributed by atoms with van der Waals surface area (Å²) < 4.78 is 15.4. The second kappa shape index (κ2) is 8.09. The van der Waals surface area contributed by atoms with Gasteiger partial charge < -0.3 is 19.7 Å². The van der Waals surface area contributed by atoms with E-state index in [2.05, 4.69) is 0 Å². The first-order valence-corrected chi connectivity index (χ1v) is 10.7. The van der Waals surface area contributed by atoms with Gasteiger partial charge in [-0.1, -0.05) is 18.2 Å². The second-order valence-corrected chi connectivity index (χ2v) is 8.09. The van der Waals surface area contributed by atoms with Crippen LogP contribution in [-0.4, -0.2) is 44.6 Å². The number of phenolic OH excluding ortho intramolecular Hbond substituents is 1. The molecule has 0 aliphatic carbocycles. The highest BCUT2D eigenvalue weighted by atomic mass is 19.1. The average molecular weight is 444 g/mol. The van der Waals surface area contributed by atoms with Crippen LogP contribution in [0.1, 0.15) is 33.7 Å². The lowest BCUT2D eigenvalue weighted by Crippen LogP contribution is -2.29. The van der Waals surface area contributed by atoms with Gasteiger partial charge in [0.05, 0.1) is 16.5 Å². The number of nitrogens with zero attached hydrogens (tertiary/aromatic N) is 2. The van der Waals surface area contributed by atoms with E-state index < -0.39 is 11.8 Å². The van der Waals surface area contributed by atoms with Crippen LogP contribution in [0.5, 0.6) is 5.75 Å². The molecule has 0 unspecified atom stereocenters. The van der Waals surface area contributed by atoms with E-state index in [1.165, 1.54) is 24.3 Å². The van der Waals surface area contributed by atoms with Gasteiger partial charge in [0.25, 0.3) is 5.91 Å². The summed E-state index contributed by atoms with van der Waals surface area (Å²) in [6.07, 6.45) is 1.83. The number of fused-ring (bicyclic) bond motifs is 1. The SMILES string of the molecule is O=C(O)c1ccc(-c2c(C(=O)N3CCCC3)n(-c3ccc(F)cc3)c3cccc(O)c23)cc1. The van der Waals surface area contributed by atoms with Crippen molar-refractivity contribution < 1.29 is 24.2 Å². The van der Waals surface area contributed by atoms with E-state index in [9.17, 15) is 24.2 Å². The summed E-state index contributed by atoms with van der Waals surface area (Å²) in [6, 6.07) is 17.1. The van der Waals surface area contributed by atoms with Crippen LogP contribution in [0.4, 0.5) is 4.39 Å². The van der Waals surface area contributed by atoms with Gasteiger partial charge in [0.2, 0.25) is 0 Å². The van der Waals surface area contributed by atoms with Gasteiger partial charge in [0.1, 0.15) is 17.3 Å². The van der Waals surface area contributed by atoms with Crippen LogP contribution in [0.3, 0.4) is 0 Å². The maximum Gasteiger partial charge on any atom is 0.335 e. The van der Waals surface area contributed by atoms with Crippen molar-refractivity contribution in [2.75, 3.05) is 13.1 Å². The standard InChI is InChI=1S/C26H21FN2O4/c27-18-10-12-19(13-11-18)29-20-4-3-5-21(30)23(20)22(16-6-8-17(9-7-16)26(32)33)24(29)25(31)28-14-1-2-15-28/h3-13,30H,1-2,14-15H2,(H,32,33). The second-order valence-electron chi connectivity index (χ2n) is 8.09. The van der Waals surface area contributed by atoms with Crippen LogP contribution >= 0.6 is 0 Å². The molecule has 1 aromatic heterocycles. The van der Waals surface area contributed by atoms with Gasteiger partial charge in [0, 0.05) is 24.3 Å². The van der Waals surface area contributed by atoms with Crippen LogP contribution in [0, 0.1) is 5.82 Å². The molecule has 7 heteroatoms. The molecule has 0 atom stereocenters. The number of rotatable bonds is 4. The molecular formula is C26H21FN2O4. The van der Waals surface area contributed by atoms with Crippen molar-refractivity contribution in [3.8, 4) is 22.6 Å². The number of benzene rings is 3. The van der Waals surface area contributed by atoms with Gasteiger partial charge in [-0.25, -0.2) is 9.18 Å². The highest BCUT2D eigenvalue weighted by Gasteiger charge is 2.30. The highest BCUT2D eigenvalue weighted by Crippen LogP contribution is 2.42. The lowest BCUT2D eigenvalue weighted by atomic mass is 9.99. The monoisotopic (exact) mass is 444 g/mol. The number of carboxylic acid groups (broad SMARTS) is 1. The average Bonchev–Trinajstić information content (AvgIpc) is 3.47. The van der Waals surface area contributed by atoms with Crippen molar-refractivity contribution in [1.29, 1.82) is 0 Å². The molecular weight excluding hydrogens is 423 g/mol. The number of aromatic nitrogens is 1. The Labute approximate surface area is 189 Å². The molecule has 0 saturated carbocycles. The Hall–Kier alpha value is -4.13. The number of hydrogen-bond acceptors (Lipinski definition) is 3. The van der Waals surface area contributed by atoms with Gasteiger partial charge >= 0.3 is 5.97 Å². The van der Waals surface area contributed by atoms with Crippen LogP contribution in [-0.2, 0) is 0 Å². The number of hydrogen-bond donors (Lipinski definition) is 2. The first-order valence-electron chi connectivity index (χ1n) is 10.7. The maximum absolute atomic E-state index is 13.8. The minimum Gasteiger partial charge on any atom is -0.507 e. The minimum atomic E-state index is -1.05. The number of aromatic carboxylic acids is 1. The zero-order valence-corrected chi connectivity index (χ0v) is 17.7. The molecule has 0 radical (unpaired) electrons. The summed E-state index contributed by atoms with van der Waals surface area (Å²) in [5.41, 5.74) is 2.78. The molecule has 2 heterocycles. The van der Waals surface area contributed by atoms with Gasteiger partial charge in [-0.15, -0.1) is 0 Å². The zero-order chi connectivity index (χ0) is 23.1. The Bertz CT molecular complexity index is 1370. The van der Waals surface area contributed by atoms with E-state index in [1.54, 1.807) is 51.9 Å². The molecule has 33 heavy (non-hydrogen) atoms. The number of carbonyl (C=O) groups is 2. The Morgan fingerprint density at radius 3 is 2.18 bits per heavy atom. The molecule has 5 rings (SSSR count). The molecule has 1 amide bonds. The first-order chi connectivity index (χ1) is 16.0. The van der Waals surface area contributed by atoms with E-state index in [-0.39, 0.29) is 17.2 Å². The van der Waals surface area contributed by atoms with E-state index in [1.807, 2.05) is 0 Å². The predicted octanol–water partition coefficient (Wildman–Crippen LogP) is 5.08. The quantitative estimate of drug-likeness (QED) is 0.460. The van der Waals surface area contributed by atoms with Crippen LogP contribution in [0.25, 0.3) is 27.7 Å². The summed E-state index contributed by atoms with van der Waals surface area (Å²) in [5.74, 6) is -1.63. The summed E-state index contributed by atoms with van der Waals surface area (Å²) >= 11 is 0. The molecule has 6 nitrogen and oxygen atoms in total. The summed E-state index contributed by atoms with van der Waals surface area (Å²) in [7, 11) is 0. The number of likely N-dealkylation sites (tertiary alicyclic amines) is 1. The third-order valence-electron chi connectivity index (χ3n) is 6.07. The zero-order valence-electron chi connectivity index (χ0n) is 17.7. The molecule has 0 spiro atoms. The Morgan fingerprint density at radius 2 is 1.55 bits per heavy atom. The largest absolute Gasteiger partial charge is 0.507 e. The lowest BCUT2D eigenvalue weighted by Gasteiger charge is -2.19. The Balaban J connectivity index is 1.86. The van der Waals surface area contributed by atoms with E-state index >= 15 is 0 Å². The van der Waals surface area contributed by atoms with Crippen molar-refractivity contribution in [3.05, 3.63) is 83.8 Å². The molecule has 1 aliphatic rings. The van der Waals surface area contributed by atoms with Crippen molar-refractivity contribution in [1.82, 2.24) is 9.47 Å². The maximum atomic E-state index is 13.8. The van der Waals surface area contributed by atoms with E-state index in [4.69, 9.17) is 0 Å². The number of halogens is 1. The molecule has 0 bridgehead atoms. The third kappa shape index (κ3) is 3.51. The number of carboxylic acids is 1. The smallest absolute Gasteiger partial charge is 0.335 e. The van der Waals surface area contributed by atoms with Crippen molar-refractivity contribution in [2.45, 2.75) is 12.8 Å². The molecule has 1 aliphatic heterocycles. The fraction of sp³-hybridized carbons (Fsp3) is 0.154. The normalized spacial score (nSPS) is 13.5. The lowest BCUT2D eigenvalue weighted by molar-refractivity contribution is 0.0696. The van der Waals surface area contributed by atoms with Crippen molar-refractivity contribution in [2.24, 2.45) is 0 Å². The highest BCUT2D eigenvalue weighted by molar-refractivity contribution is 6.13. The van der Waals surface area contributed by atoms with E-state index in [0.717, 1.165) is 12.8 Å². The van der Waals surface area contributed by atoms with Crippen molar-refractivity contribution >= 4 is 22.8 Å². The molecule has 3 aromatic carbocycles. The van der Waals surface area contributed by atoms with Gasteiger partial charge in [-0.05, 0) is 66.9 Å². The fourth-order valence-corrected chi connectivity index (χ4v) is 4.51. The number of carbonyl (C=O) groups excluding carboxylic acids is 1. The molecule has 1 saturated heterocycles. The summed E-state index contributed by atoms with van der Waals surface area (Å²) in [4.78, 5) is 26.9. The molecule has 4 aromatic rings. The van der Waals surface area contributed by atoms with Gasteiger partial charge in [-0.2, -0.15) is 0 Å². The number of amides is 1. The Kier molecular flexibility index (Phi) is 5.09. The van der Waals surface area contributed by atoms with Crippen LogP contribution in [0.15, 0.2) is 66.7 Å². The minimum absolute atomic E-state index is 0.00106. The number of phenols is 1. The fourth-order valence-electron chi connectivity index (χ4n) is 4.51. The van der Waals surface area contributed by atoms with E-state index in [0.29, 0.717) is 46.5 Å². The van der Waals surface area contributed by atoms with Gasteiger partial charge in [-0.3, -0.25) is 4.79 Å². The summed E-state index contributed by atoms with van der Waals surface area (Å²) in [6.45, 7) is 1.26. The summed E-state index contributed by atoms with van der Waals surface area (Å²) in [5, 5.41) is 20.6. The molecule has 1 fully saturated rings. The van der Waals surface area contributed by atoms with Crippen LogP contribution < -0.4 is 0 Å². The predicted molar refractivity (Wildman–Crippen MR) is 122 cm³/mol. The van der Waals surface area contributed by atoms with Crippen molar-refractivity contribution in [3.63, 3.8) is 0 Å². The first kappa shape index (κ1) is 20.8.